The molecule has 0 atom stereocenters. The number of carbonyl (C=O) groups is 1. The number of ketones is 1. The molecule has 0 aromatic heterocycles. The second kappa shape index (κ2) is 5.51. The average molecular weight is 204 g/mol. The number of carbonyl (C=O) groups excluding carboxylic acids is 1. The lowest BCUT2D eigenvalue weighted by atomic mass is 10.1. The molecule has 1 nitrogen and oxygen atoms in total. The highest BCUT2D eigenvalue weighted by Crippen LogP contribution is 2.06. The van der Waals surface area contributed by atoms with Gasteiger partial charge in [-0.2, -0.15) is 12.6 Å². The van der Waals surface area contributed by atoms with Gasteiger partial charge in [-0.15, -0.1) is 0 Å². The zero-order valence-electron chi connectivity index (χ0n) is 8.08. The molecule has 0 aliphatic rings. The molecule has 1 aromatic carbocycles. The molecule has 1 aromatic rings. The largest absolute Gasteiger partial charge is 0.294 e. The van der Waals surface area contributed by atoms with Crippen LogP contribution in [0.3, 0.4) is 0 Å². The van der Waals surface area contributed by atoms with Crippen molar-refractivity contribution in [2.45, 2.75) is 13.3 Å². The van der Waals surface area contributed by atoms with E-state index in [1.165, 1.54) is 0 Å². The van der Waals surface area contributed by atoms with E-state index in [-0.39, 0.29) is 5.78 Å². The number of rotatable bonds is 2. The lowest BCUT2D eigenvalue weighted by Gasteiger charge is -1.97. The third-order valence-electron chi connectivity index (χ3n) is 1.82. The Labute approximate surface area is 89.9 Å². The summed E-state index contributed by atoms with van der Waals surface area (Å²) in [5.74, 6) is 6.47. The van der Waals surface area contributed by atoms with E-state index in [2.05, 4.69) is 24.5 Å². The van der Waals surface area contributed by atoms with Gasteiger partial charge in [0.25, 0.3) is 0 Å². The zero-order chi connectivity index (χ0) is 10.4. The van der Waals surface area contributed by atoms with Gasteiger partial charge < -0.3 is 0 Å². The lowest BCUT2D eigenvalue weighted by molar-refractivity contribution is 0.0988. The first-order valence-electron chi connectivity index (χ1n) is 4.51. The maximum atomic E-state index is 11.4. The zero-order valence-corrected chi connectivity index (χ0v) is 8.97. The van der Waals surface area contributed by atoms with E-state index in [1.54, 1.807) is 0 Å². The Kier molecular flexibility index (Phi) is 4.28. The highest BCUT2D eigenvalue weighted by Gasteiger charge is 2.01. The summed E-state index contributed by atoms with van der Waals surface area (Å²) in [4.78, 5) is 11.4. The number of hydrogen-bond donors (Lipinski definition) is 1. The predicted octanol–water partition coefficient (Wildman–Crippen LogP) is 2.56. The fourth-order valence-electron chi connectivity index (χ4n) is 1.12. The third-order valence-corrected chi connectivity index (χ3v) is 1.98. The average Bonchev–Trinajstić information content (AvgIpc) is 2.25. The summed E-state index contributed by atoms with van der Waals surface area (Å²) in [5, 5.41) is 0. The number of hydrogen-bond acceptors (Lipinski definition) is 2. The van der Waals surface area contributed by atoms with E-state index in [4.69, 9.17) is 0 Å². The van der Waals surface area contributed by atoms with Crippen LogP contribution in [0.25, 0.3) is 0 Å². The summed E-state index contributed by atoms with van der Waals surface area (Å²) in [5.41, 5.74) is 1.61. The molecule has 0 radical (unpaired) electrons. The van der Waals surface area contributed by atoms with Crippen molar-refractivity contribution in [3.63, 3.8) is 0 Å². The van der Waals surface area contributed by atoms with E-state index in [1.807, 2.05) is 31.2 Å². The fourth-order valence-corrected chi connectivity index (χ4v) is 1.20. The Morgan fingerprint density at radius 2 is 2.29 bits per heavy atom. The fraction of sp³-hybridized carbons (Fsp3) is 0.250. The number of benzene rings is 1. The molecular formula is C12H12OS. The summed E-state index contributed by atoms with van der Waals surface area (Å²) in [6.07, 6.45) is 0.531. The Hall–Kier alpha value is -1.20. The molecule has 1 rings (SSSR count). The van der Waals surface area contributed by atoms with E-state index < -0.39 is 0 Å². The van der Waals surface area contributed by atoms with Crippen molar-refractivity contribution in [2.24, 2.45) is 0 Å². The lowest BCUT2D eigenvalue weighted by Crippen LogP contribution is -1.96. The van der Waals surface area contributed by atoms with Crippen LogP contribution < -0.4 is 0 Å². The molecule has 0 fully saturated rings. The van der Waals surface area contributed by atoms with Gasteiger partial charge in [0, 0.05) is 17.5 Å². The van der Waals surface area contributed by atoms with Gasteiger partial charge in [-0.25, -0.2) is 0 Å². The van der Waals surface area contributed by atoms with Crippen molar-refractivity contribution in [2.75, 3.05) is 5.75 Å². The van der Waals surface area contributed by atoms with Gasteiger partial charge in [-0.1, -0.05) is 30.9 Å². The Morgan fingerprint density at radius 3 is 2.93 bits per heavy atom. The minimum absolute atomic E-state index is 0.152. The minimum Gasteiger partial charge on any atom is -0.294 e. The monoisotopic (exact) mass is 204 g/mol. The van der Waals surface area contributed by atoms with Gasteiger partial charge in [0.05, 0.1) is 5.75 Å². The summed E-state index contributed by atoms with van der Waals surface area (Å²) in [6.45, 7) is 1.86. The third kappa shape index (κ3) is 2.93. The molecular weight excluding hydrogens is 192 g/mol. The molecule has 0 bridgehead atoms. The molecule has 0 spiro atoms. The van der Waals surface area contributed by atoms with E-state index in [9.17, 15) is 4.79 Å². The molecule has 0 saturated carbocycles. The van der Waals surface area contributed by atoms with E-state index in [0.717, 1.165) is 11.1 Å². The van der Waals surface area contributed by atoms with Crippen LogP contribution in [-0.2, 0) is 0 Å². The van der Waals surface area contributed by atoms with Crippen LogP contribution in [0.2, 0.25) is 0 Å². The predicted molar refractivity (Wildman–Crippen MR) is 61.8 cm³/mol. The SMILES string of the molecule is CCC(=O)c1cccc(C#CCS)c1. The normalized spacial score (nSPS) is 9.00. The summed E-state index contributed by atoms with van der Waals surface area (Å²) in [7, 11) is 0. The molecule has 72 valence electrons. The quantitative estimate of drug-likeness (QED) is 0.445. The number of Topliss-reactive ketones (excluding diaryl/α,β-unsaturated/α-hetero) is 1. The van der Waals surface area contributed by atoms with E-state index in [0.29, 0.717) is 12.2 Å². The van der Waals surface area contributed by atoms with Gasteiger partial charge in [0.2, 0.25) is 0 Å². The van der Waals surface area contributed by atoms with Crippen LogP contribution in [0.4, 0.5) is 0 Å². The van der Waals surface area contributed by atoms with Gasteiger partial charge in [-0.05, 0) is 12.1 Å². The smallest absolute Gasteiger partial charge is 0.162 e. The molecule has 14 heavy (non-hydrogen) atoms. The number of thiol groups is 1. The Morgan fingerprint density at radius 1 is 1.50 bits per heavy atom. The first-order chi connectivity index (χ1) is 6.77. The van der Waals surface area contributed by atoms with Gasteiger partial charge in [-0.3, -0.25) is 4.79 Å². The second-order valence-electron chi connectivity index (χ2n) is 2.82. The standard InChI is InChI=1S/C12H12OS/c1-2-12(13)11-7-3-5-10(9-11)6-4-8-14/h3,5,7,9,14H,2,8H2,1H3. The van der Waals surface area contributed by atoms with Gasteiger partial charge in [0.15, 0.2) is 5.78 Å². The van der Waals surface area contributed by atoms with E-state index >= 15 is 0 Å². The molecule has 0 N–H and O–H groups in total. The first kappa shape index (κ1) is 10.9. The van der Waals surface area contributed by atoms with Crippen LogP contribution in [0.5, 0.6) is 0 Å². The Bertz CT molecular complexity index is 385. The second-order valence-corrected chi connectivity index (χ2v) is 3.13. The maximum absolute atomic E-state index is 11.4. The van der Waals surface area contributed by atoms with Crippen LogP contribution in [0.15, 0.2) is 24.3 Å². The maximum Gasteiger partial charge on any atom is 0.162 e. The van der Waals surface area contributed by atoms with Crippen LogP contribution in [0.1, 0.15) is 29.3 Å². The van der Waals surface area contributed by atoms with Crippen LogP contribution >= 0.6 is 12.6 Å². The first-order valence-corrected chi connectivity index (χ1v) is 5.14. The highest BCUT2D eigenvalue weighted by atomic mass is 32.1. The van der Waals surface area contributed by atoms with Crippen molar-refractivity contribution >= 4 is 18.4 Å². The molecule has 0 heterocycles. The van der Waals surface area contributed by atoms with Crippen molar-refractivity contribution < 1.29 is 4.79 Å². The van der Waals surface area contributed by atoms with Crippen molar-refractivity contribution in [3.8, 4) is 11.8 Å². The van der Waals surface area contributed by atoms with Crippen molar-refractivity contribution in [1.29, 1.82) is 0 Å². The minimum atomic E-state index is 0.152. The summed E-state index contributed by atoms with van der Waals surface area (Å²) in [6, 6.07) is 7.38. The molecule has 0 unspecified atom stereocenters. The van der Waals surface area contributed by atoms with Gasteiger partial charge >= 0.3 is 0 Å². The Balaban J connectivity index is 2.95. The van der Waals surface area contributed by atoms with Gasteiger partial charge in [0.1, 0.15) is 0 Å². The molecule has 0 aliphatic heterocycles. The van der Waals surface area contributed by atoms with Crippen molar-refractivity contribution in [1.82, 2.24) is 0 Å². The summed E-state index contributed by atoms with van der Waals surface area (Å²) >= 11 is 4.00. The topological polar surface area (TPSA) is 17.1 Å². The van der Waals surface area contributed by atoms with Crippen molar-refractivity contribution in [3.05, 3.63) is 35.4 Å². The molecule has 0 saturated heterocycles. The molecule has 0 amide bonds. The molecule has 2 heteroatoms. The van der Waals surface area contributed by atoms with Crippen LogP contribution in [0, 0.1) is 11.8 Å². The highest BCUT2D eigenvalue weighted by molar-refractivity contribution is 7.80. The van der Waals surface area contributed by atoms with Crippen LogP contribution in [-0.4, -0.2) is 11.5 Å². The summed E-state index contributed by atoms with van der Waals surface area (Å²) < 4.78 is 0. The molecule has 0 aliphatic carbocycles.